The van der Waals surface area contributed by atoms with E-state index in [0.29, 0.717) is 6.04 Å². The van der Waals surface area contributed by atoms with Gasteiger partial charge in [0.1, 0.15) is 0 Å². The smallest absolute Gasteiger partial charge is 0.215 e. The zero-order valence-corrected chi connectivity index (χ0v) is 6.31. The molecule has 0 spiro atoms. The van der Waals surface area contributed by atoms with Crippen LogP contribution in [0.1, 0.15) is 12.8 Å². The van der Waals surface area contributed by atoms with Gasteiger partial charge in [0.05, 0.1) is 0 Å². The lowest BCUT2D eigenvalue weighted by Crippen LogP contribution is -2.42. The van der Waals surface area contributed by atoms with Crippen LogP contribution in [0.25, 0.3) is 0 Å². The molecule has 1 aliphatic heterocycles. The fraction of sp³-hybridized carbons (Fsp3) is 0.833. The van der Waals surface area contributed by atoms with E-state index in [1.54, 1.807) is 7.85 Å². The highest BCUT2D eigenvalue weighted by Gasteiger charge is 2.12. The average Bonchev–Trinajstić information content (AvgIpc) is 1.88. The van der Waals surface area contributed by atoms with Crippen LogP contribution in [0, 0.1) is 0 Å². The summed E-state index contributed by atoms with van der Waals surface area (Å²) in [6.07, 6.45) is 2.14. The summed E-state index contributed by atoms with van der Waals surface area (Å²) in [6, 6.07) is 0.416. The Morgan fingerprint density at radius 2 is 2.10 bits per heavy atom. The van der Waals surface area contributed by atoms with E-state index >= 15 is 0 Å². The van der Waals surface area contributed by atoms with Gasteiger partial charge >= 0.3 is 0 Å². The molecule has 56 valence electrons. The van der Waals surface area contributed by atoms with Crippen molar-refractivity contribution >= 4 is 13.7 Å². The Balaban J connectivity index is 2.19. The predicted octanol–water partition coefficient (Wildman–Crippen LogP) is -0.919. The highest BCUT2D eigenvalue weighted by Crippen LogP contribution is 2.00. The van der Waals surface area contributed by atoms with Crippen LogP contribution in [0.15, 0.2) is 0 Å². The van der Waals surface area contributed by atoms with Gasteiger partial charge in [0.25, 0.3) is 0 Å². The third kappa shape index (κ3) is 2.39. The normalized spacial score (nSPS) is 20.4. The van der Waals surface area contributed by atoms with Gasteiger partial charge < -0.3 is 10.6 Å². The molecule has 1 amide bonds. The van der Waals surface area contributed by atoms with Gasteiger partial charge in [-0.1, -0.05) is 0 Å². The molecular formula is C6H13BN2O. The topological polar surface area (TPSA) is 41.1 Å². The van der Waals surface area contributed by atoms with Crippen LogP contribution in [-0.4, -0.2) is 32.8 Å². The van der Waals surface area contributed by atoms with Crippen LogP contribution in [0.3, 0.4) is 0 Å². The number of hydrogen-bond donors (Lipinski definition) is 2. The molecule has 4 heteroatoms. The van der Waals surface area contributed by atoms with Gasteiger partial charge in [-0.2, -0.15) is 0 Å². The van der Waals surface area contributed by atoms with Gasteiger partial charge in [-0.3, -0.25) is 4.79 Å². The molecule has 1 saturated heterocycles. The standard InChI is InChI=1S/C6H13BN2O/c7-6(10)9-5-1-3-8-4-2-5/h5,8H,1-4,7H2,(H,9,10). The Labute approximate surface area is 62.0 Å². The number of carbonyl (C=O) groups is 1. The van der Waals surface area contributed by atoms with E-state index in [0.717, 1.165) is 25.9 Å². The quantitative estimate of drug-likeness (QED) is 0.462. The molecule has 3 nitrogen and oxygen atoms in total. The number of nitrogens with one attached hydrogen (secondary N) is 2. The molecule has 0 saturated carbocycles. The molecule has 0 aliphatic carbocycles. The van der Waals surface area contributed by atoms with Crippen molar-refractivity contribution in [2.24, 2.45) is 0 Å². The minimum Gasteiger partial charge on any atom is -0.363 e. The van der Waals surface area contributed by atoms with E-state index in [4.69, 9.17) is 0 Å². The molecule has 1 heterocycles. The van der Waals surface area contributed by atoms with Crippen LogP contribution in [0.4, 0.5) is 4.79 Å². The lowest BCUT2D eigenvalue weighted by atomic mass is 10.0. The first-order chi connectivity index (χ1) is 4.79. The zero-order valence-electron chi connectivity index (χ0n) is 6.31. The molecule has 10 heavy (non-hydrogen) atoms. The minimum atomic E-state index is 0.0897. The van der Waals surface area contributed by atoms with Crippen molar-refractivity contribution < 1.29 is 4.79 Å². The SMILES string of the molecule is BC(=O)NC1CCNCC1. The molecule has 0 radical (unpaired) electrons. The van der Waals surface area contributed by atoms with Gasteiger partial charge in [0.2, 0.25) is 7.85 Å². The lowest BCUT2D eigenvalue weighted by Gasteiger charge is -2.22. The Hall–Kier alpha value is -0.505. The van der Waals surface area contributed by atoms with Crippen molar-refractivity contribution in [2.45, 2.75) is 18.9 Å². The second-order valence-electron chi connectivity index (χ2n) is 2.72. The maximum absolute atomic E-state index is 10.6. The second kappa shape index (κ2) is 3.61. The Bertz CT molecular complexity index is 123. The van der Waals surface area contributed by atoms with E-state index in [-0.39, 0.29) is 5.81 Å². The Kier molecular flexibility index (Phi) is 2.74. The molecule has 0 unspecified atom stereocenters. The fourth-order valence-electron chi connectivity index (χ4n) is 1.25. The first-order valence-electron chi connectivity index (χ1n) is 3.77. The van der Waals surface area contributed by atoms with E-state index in [1.165, 1.54) is 0 Å². The lowest BCUT2D eigenvalue weighted by molar-refractivity contribution is 0.253. The van der Waals surface area contributed by atoms with Crippen molar-refractivity contribution in [2.75, 3.05) is 13.1 Å². The minimum absolute atomic E-state index is 0.0897. The fourth-order valence-corrected chi connectivity index (χ4v) is 1.25. The molecule has 0 atom stereocenters. The van der Waals surface area contributed by atoms with E-state index in [1.807, 2.05) is 0 Å². The van der Waals surface area contributed by atoms with Gasteiger partial charge in [-0.25, -0.2) is 0 Å². The number of hydrogen-bond acceptors (Lipinski definition) is 2. The summed E-state index contributed by atoms with van der Waals surface area (Å²) in [4.78, 5) is 10.6. The van der Waals surface area contributed by atoms with Crippen LogP contribution in [-0.2, 0) is 0 Å². The van der Waals surface area contributed by atoms with Crippen molar-refractivity contribution in [3.8, 4) is 0 Å². The predicted molar refractivity (Wildman–Crippen MR) is 43.0 cm³/mol. The van der Waals surface area contributed by atoms with Crippen LogP contribution in [0.2, 0.25) is 0 Å². The summed E-state index contributed by atoms with van der Waals surface area (Å²) >= 11 is 0. The van der Waals surface area contributed by atoms with Crippen molar-refractivity contribution in [1.82, 2.24) is 10.6 Å². The molecule has 0 aromatic rings. The molecular weight excluding hydrogens is 127 g/mol. The third-order valence-corrected chi connectivity index (χ3v) is 1.75. The monoisotopic (exact) mass is 140 g/mol. The summed E-state index contributed by atoms with van der Waals surface area (Å²) in [5.41, 5.74) is 0. The Morgan fingerprint density at radius 3 is 2.60 bits per heavy atom. The third-order valence-electron chi connectivity index (χ3n) is 1.75. The van der Waals surface area contributed by atoms with Gasteiger partial charge in [0.15, 0.2) is 5.81 Å². The van der Waals surface area contributed by atoms with Crippen molar-refractivity contribution in [3.05, 3.63) is 0 Å². The molecule has 1 aliphatic rings. The number of carbonyl (C=O) groups excluding carboxylic acids is 1. The van der Waals surface area contributed by atoms with Crippen LogP contribution >= 0.6 is 0 Å². The largest absolute Gasteiger partial charge is 0.363 e. The highest BCUT2D eigenvalue weighted by molar-refractivity contribution is 6.57. The number of piperidine rings is 1. The summed E-state index contributed by atoms with van der Waals surface area (Å²) in [7, 11) is 1.57. The van der Waals surface area contributed by atoms with E-state index < -0.39 is 0 Å². The van der Waals surface area contributed by atoms with Gasteiger partial charge in [-0.15, -0.1) is 0 Å². The molecule has 0 aromatic heterocycles. The maximum Gasteiger partial charge on any atom is 0.215 e. The summed E-state index contributed by atoms with van der Waals surface area (Å²) in [5.74, 6) is 0.0897. The number of rotatable bonds is 1. The molecule has 2 N–H and O–H groups in total. The Morgan fingerprint density at radius 1 is 1.50 bits per heavy atom. The van der Waals surface area contributed by atoms with E-state index in [2.05, 4.69) is 10.6 Å². The second-order valence-corrected chi connectivity index (χ2v) is 2.72. The number of amides is 1. The zero-order chi connectivity index (χ0) is 7.40. The molecule has 1 rings (SSSR count). The van der Waals surface area contributed by atoms with Gasteiger partial charge in [0, 0.05) is 6.04 Å². The van der Waals surface area contributed by atoms with Crippen molar-refractivity contribution in [1.29, 1.82) is 0 Å². The van der Waals surface area contributed by atoms with E-state index in [9.17, 15) is 4.79 Å². The highest BCUT2D eigenvalue weighted by atomic mass is 16.1. The van der Waals surface area contributed by atoms with Gasteiger partial charge in [-0.05, 0) is 25.9 Å². The molecule has 1 fully saturated rings. The molecule has 0 aromatic carbocycles. The van der Waals surface area contributed by atoms with Crippen LogP contribution < -0.4 is 10.6 Å². The van der Waals surface area contributed by atoms with Crippen LogP contribution in [0.5, 0.6) is 0 Å². The summed E-state index contributed by atoms with van der Waals surface area (Å²) in [5, 5.41) is 6.14. The molecule has 0 bridgehead atoms. The summed E-state index contributed by atoms with van der Waals surface area (Å²) < 4.78 is 0. The maximum atomic E-state index is 10.6. The van der Waals surface area contributed by atoms with Crippen molar-refractivity contribution in [3.63, 3.8) is 0 Å². The average molecular weight is 140 g/mol. The first-order valence-corrected chi connectivity index (χ1v) is 3.77. The first kappa shape index (κ1) is 7.60. The summed E-state index contributed by atoms with van der Waals surface area (Å²) in [6.45, 7) is 2.07.